The Bertz CT molecular complexity index is 743. The first-order chi connectivity index (χ1) is 11.9. The van der Waals surface area contributed by atoms with Crippen molar-refractivity contribution in [1.29, 1.82) is 0 Å². The highest BCUT2D eigenvalue weighted by molar-refractivity contribution is 5.94. The van der Waals surface area contributed by atoms with Crippen LogP contribution < -0.4 is 15.2 Å². The van der Waals surface area contributed by atoms with Crippen molar-refractivity contribution in [2.75, 3.05) is 0 Å². The SMILES string of the molecule is CC(C)Oc1ccc([C@@H](CC(=O)[O-])NC(=O)c2ccccc2F)cc1. The number of carboxylic acid groups (broad SMARTS) is 1. The smallest absolute Gasteiger partial charge is 0.254 e. The van der Waals surface area contributed by atoms with Crippen LogP contribution in [0.1, 0.15) is 42.2 Å². The van der Waals surface area contributed by atoms with Gasteiger partial charge in [-0.3, -0.25) is 4.79 Å². The molecule has 0 unspecified atom stereocenters. The maximum absolute atomic E-state index is 13.7. The van der Waals surface area contributed by atoms with E-state index in [1.807, 2.05) is 13.8 Å². The number of halogens is 1. The number of carboxylic acids is 1. The molecule has 0 aliphatic heterocycles. The average molecular weight is 344 g/mol. The van der Waals surface area contributed by atoms with Crippen LogP contribution in [0.15, 0.2) is 48.5 Å². The number of hydrogen-bond donors (Lipinski definition) is 1. The molecule has 0 fully saturated rings. The van der Waals surface area contributed by atoms with E-state index >= 15 is 0 Å². The van der Waals surface area contributed by atoms with Gasteiger partial charge in [0.05, 0.1) is 17.7 Å². The van der Waals surface area contributed by atoms with Crippen molar-refractivity contribution in [3.8, 4) is 5.75 Å². The fraction of sp³-hybridized carbons (Fsp3) is 0.263. The van der Waals surface area contributed by atoms with Crippen molar-refractivity contribution in [3.63, 3.8) is 0 Å². The highest BCUT2D eigenvalue weighted by atomic mass is 19.1. The summed E-state index contributed by atoms with van der Waals surface area (Å²) in [6, 6.07) is 11.4. The van der Waals surface area contributed by atoms with Gasteiger partial charge in [0.15, 0.2) is 0 Å². The number of nitrogens with one attached hydrogen (secondary N) is 1. The van der Waals surface area contributed by atoms with Gasteiger partial charge in [-0.1, -0.05) is 24.3 Å². The molecule has 0 saturated carbocycles. The fourth-order valence-electron chi connectivity index (χ4n) is 2.35. The molecule has 1 amide bonds. The van der Waals surface area contributed by atoms with Gasteiger partial charge in [-0.15, -0.1) is 0 Å². The lowest BCUT2D eigenvalue weighted by molar-refractivity contribution is -0.306. The number of carbonyl (C=O) groups excluding carboxylic acids is 2. The van der Waals surface area contributed by atoms with E-state index in [0.717, 1.165) is 0 Å². The number of ether oxygens (including phenoxy) is 1. The molecule has 0 bridgehead atoms. The van der Waals surface area contributed by atoms with Crippen molar-refractivity contribution < 1.29 is 23.8 Å². The van der Waals surface area contributed by atoms with E-state index in [1.54, 1.807) is 24.3 Å². The Labute approximate surface area is 145 Å². The van der Waals surface area contributed by atoms with E-state index in [9.17, 15) is 19.1 Å². The monoisotopic (exact) mass is 344 g/mol. The predicted molar refractivity (Wildman–Crippen MR) is 88.4 cm³/mol. The third kappa shape index (κ3) is 5.31. The van der Waals surface area contributed by atoms with Crippen LogP contribution in [0.4, 0.5) is 4.39 Å². The van der Waals surface area contributed by atoms with E-state index in [1.165, 1.54) is 24.3 Å². The Morgan fingerprint density at radius 3 is 2.32 bits per heavy atom. The molecule has 2 rings (SSSR count). The first-order valence-corrected chi connectivity index (χ1v) is 7.88. The van der Waals surface area contributed by atoms with Crippen LogP contribution in [0.2, 0.25) is 0 Å². The molecular formula is C19H19FNO4-. The van der Waals surface area contributed by atoms with E-state index in [2.05, 4.69) is 5.32 Å². The summed E-state index contributed by atoms with van der Waals surface area (Å²) < 4.78 is 19.3. The van der Waals surface area contributed by atoms with Gasteiger partial charge >= 0.3 is 0 Å². The summed E-state index contributed by atoms with van der Waals surface area (Å²) in [5.74, 6) is -2.05. The summed E-state index contributed by atoms with van der Waals surface area (Å²) in [6.07, 6.45) is -0.421. The molecule has 6 heteroatoms. The molecule has 0 saturated heterocycles. The molecule has 25 heavy (non-hydrogen) atoms. The van der Waals surface area contributed by atoms with Crippen molar-refractivity contribution in [3.05, 3.63) is 65.5 Å². The Balaban J connectivity index is 2.20. The number of carbonyl (C=O) groups is 2. The Morgan fingerprint density at radius 1 is 1.12 bits per heavy atom. The third-order valence-electron chi connectivity index (χ3n) is 3.45. The van der Waals surface area contributed by atoms with Crippen LogP contribution in [0.25, 0.3) is 0 Å². The Morgan fingerprint density at radius 2 is 1.76 bits per heavy atom. The number of amides is 1. The summed E-state index contributed by atoms with van der Waals surface area (Å²) in [6.45, 7) is 3.78. The molecule has 0 spiro atoms. The average Bonchev–Trinajstić information content (AvgIpc) is 2.54. The van der Waals surface area contributed by atoms with E-state index < -0.39 is 30.2 Å². The largest absolute Gasteiger partial charge is 0.550 e. The maximum atomic E-state index is 13.7. The van der Waals surface area contributed by atoms with Crippen LogP contribution in [0, 0.1) is 5.82 Å². The zero-order chi connectivity index (χ0) is 18.4. The van der Waals surface area contributed by atoms with Crippen LogP contribution >= 0.6 is 0 Å². The molecule has 5 nitrogen and oxygen atoms in total. The number of rotatable bonds is 7. The number of benzene rings is 2. The maximum Gasteiger partial charge on any atom is 0.254 e. The fourth-order valence-corrected chi connectivity index (χ4v) is 2.35. The topological polar surface area (TPSA) is 78.5 Å². The third-order valence-corrected chi connectivity index (χ3v) is 3.45. The van der Waals surface area contributed by atoms with Crippen molar-refractivity contribution in [1.82, 2.24) is 5.32 Å². The second-order valence-electron chi connectivity index (χ2n) is 5.82. The summed E-state index contributed by atoms with van der Waals surface area (Å²) in [5.41, 5.74) is 0.413. The molecule has 2 aromatic carbocycles. The van der Waals surface area contributed by atoms with Crippen LogP contribution in [-0.2, 0) is 4.79 Å². The summed E-state index contributed by atoms with van der Waals surface area (Å²) in [4.78, 5) is 23.3. The normalized spacial score (nSPS) is 11.8. The Hall–Kier alpha value is -2.89. The molecule has 132 valence electrons. The molecule has 1 N–H and O–H groups in total. The van der Waals surface area contributed by atoms with Gasteiger partial charge < -0.3 is 20.0 Å². The minimum atomic E-state index is -1.32. The van der Waals surface area contributed by atoms with Crippen molar-refractivity contribution in [2.24, 2.45) is 0 Å². The summed E-state index contributed by atoms with van der Waals surface area (Å²) in [7, 11) is 0. The van der Waals surface area contributed by atoms with Gasteiger partial charge in [0.1, 0.15) is 11.6 Å². The minimum Gasteiger partial charge on any atom is -0.550 e. The van der Waals surface area contributed by atoms with Gasteiger partial charge in [0.25, 0.3) is 5.91 Å². The summed E-state index contributed by atoms with van der Waals surface area (Å²) >= 11 is 0. The molecule has 0 aliphatic rings. The Kier molecular flexibility index (Phi) is 6.11. The van der Waals surface area contributed by atoms with Crippen molar-refractivity contribution in [2.45, 2.75) is 32.4 Å². The number of hydrogen-bond acceptors (Lipinski definition) is 4. The lowest BCUT2D eigenvalue weighted by Crippen LogP contribution is -2.34. The molecule has 0 aromatic heterocycles. The van der Waals surface area contributed by atoms with Crippen LogP contribution in [0.3, 0.4) is 0 Å². The highest BCUT2D eigenvalue weighted by Gasteiger charge is 2.18. The lowest BCUT2D eigenvalue weighted by atomic mass is 10.0. The number of aliphatic carboxylic acids is 1. The molecule has 1 atom stereocenters. The first-order valence-electron chi connectivity index (χ1n) is 7.88. The molecule has 2 aromatic rings. The molecule has 0 radical (unpaired) electrons. The van der Waals surface area contributed by atoms with Gasteiger partial charge in [0.2, 0.25) is 0 Å². The summed E-state index contributed by atoms with van der Waals surface area (Å²) in [5, 5.41) is 13.6. The first kappa shape index (κ1) is 18.4. The molecule has 0 heterocycles. The predicted octanol–water partition coefficient (Wildman–Crippen LogP) is 2.22. The van der Waals surface area contributed by atoms with Crippen LogP contribution in [-0.4, -0.2) is 18.0 Å². The van der Waals surface area contributed by atoms with Gasteiger partial charge in [-0.2, -0.15) is 0 Å². The quantitative estimate of drug-likeness (QED) is 0.835. The second-order valence-corrected chi connectivity index (χ2v) is 5.82. The van der Waals surface area contributed by atoms with Crippen LogP contribution in [0.5, 0.6) is 5.75 Å². The second kappa shape index (κ2) is 8.28. The van der Waals surface area contributed by atoms with Gasteiger partial charge in [-0.05, 0) is 43.7 Å². The van der Waals surface area contributed by atoms with E-state index in [0.29, 0.717) is 11.3 Å². The minimum absolute atomic E-state index is 0.00521. The molecule has 0 aliphatic carbocycles. The van der Waals surface area contributed by atoms with E-state index in [-0.39, 0.29) is 11.7 Å². The standard InChI is InChI=1S/C19H20FNO4/c1-12(2)25-14-9-7-13(8-10-14)17(11-18(22)23)21-19(24)15-5-3-4-6-16(15)20/h3-10,12,17H,11H2,1-2H3,(H,21,24)(H,22,23)/p-1/t17-/m1/s1. The van der Waals surface area contributed by atoms with Gasteiger partial charge in [0, 0.05) is 12.4 Å². The molecular weight excluding hydrogens is 325 g/mol. The van der Waals surface area contributed by atoms with Gasteiger partial charge in [-0.25, -0.2) is 4.39 Å². The van der Waals surface area contributed by atoms with Crippen molar-refractivity contribution >= 4 is 11.9 Å². The van der Waals surface area contributed by atoms with E-state index in [4.69, 9.17) is 4.74 Å². The zero-order valence-corrected chi connectivity index (χ0v) is 14.0. The zero-order valence-electron chi connectivity index (χ0n) is 14.0. The lowest BCUT2D eigenvalue weighted by Gasteiger charge is -2.20. The highest BCUT2D eigenvalue weighted by Crippen LogP contribution is 2.22.